The van der Waals surface area contributed by atoms with Gasteiger partial charge in [-0.2, -0.15) is 0 Å². The molecule has 0 aromatic carbocycles. The summed E-state index contributed by atoms with van der Waals surface area (Å²) in [5.74, 6) is 5.00. The minimum absolute atomic E-state index is 0.0463. The molecule has 1 aliphatic heterocycles. The van der Waals surface area contributed by atoms with Crippen molar-refractivity contribution in [2.24, 2.45) is 51.8 Å². The Kier molecular flexibility index (Phi) is 4.41. The Balaban J connectivity index is 1.17. The molecule has 0 N–H and O–H groups in total. The zero-order valence-electron chi connectivity index (χ0n) is 20.5. The zero-order valence-corrected chi connectivity index (χ0v) is 21.3. The molecule has 2 amide bonds. The summed E-state index contributed by atoms with van der Waals surface area (Å²) in [5.41, 5.74) is -0.540. The van der Waals surface area contributed by atoms with Crippen molar-refractivity contribution in [3.05, 3.63) is 0 Å². The van der Waals surface area contributed by atoms with Gasteiger partial charge in [0, 0.05) is 13.1 Å². The molecule has 180 valence electrons. The van der Waals surface area contributed by atoms with E-state index >= 15 is 0 Å². The lowest BCUT2D eigenvalue weighted by molar-refractivity contribution is -0.159. The van der Waals surface area contributed by atoms with Crippen molar-refractivity contribution in [2.75, 3.05) is 13.1 Å². The fourth-order valence-electron chi connectivity index (χ4n) is 11.0. The van der Waals surface area contributed by atoms with Crippen molar-refractivity contribution in [3.63, 3.8) is 0 Å². The molecule has 8 saturated carbocycles. The van der Waals surface area contributed by atoms with Crippen molar-refractivity contribution in [2.45, 2.75) is 90.9 Å². The van der Waals surface area contributed by atoms with E-state index in [0.29, 0.717) is 5.11 Å². The Hall–Kier alpha value is -0.970. The summed E-state index contributed by atoms with van der Waals surface area (Å²) in [6.07, 6.45) is 16.0. The number of amides is 2. The Morgan fingerprint density at radius 3 is 1.18 bits per heavy atom. The van der Waals surface area contributed by atoms with Crippen LogP contribution in [0.3, 0.4) is 0 Å². The first-order valence-electron chi connectivity index (χ1n) is 13.8. The van der Waals surface area contributed by atoms with Crippen LogP contribution in [0.4, 0.5) is 0 Å². The average molecular weight is 469 g/mol. The highest BCUT2D eigenvalue weighted by atomic mass is 32.1. The van der Waals surface area contributed by atoms with Gasteiger partial charge in [-0.1, -0.05) is 0 Å². The van der Waals surface area contributed by atoms with E-state index < -0.39 is 5.41 Å². The van der Waals surface area contributed by atoms with E-state index in [0.717, 1.165) is 48.6 Å². The van der Waals surface area contributed by atoms with E-state index in [1.165, 1.54) is 77.0 Å². The third-order valence-corrected chi connectivity index (χ3v) is 11.8. The predicted octanol–water partition coefficient (Wildman–Crippen LogP) is 5.40. The van der Waals surface area contributed by atoms with E-state index in [9.17, 15) is 9.59 Å². The van der Waals surface area contributed by atoms with Gasteiger partial charge >= 0.3 is 0 Å². The van der Waals surface area contributed by atoms with E-state index in [1.54, 1.807) is 0 Å². The van der Waals surface area contributed by atoms with Crippen LogP contribution in [0, 0.1) is 51.8 Å². The first-order valence-corrected chi connectivity index (χ1v) is 14.2. The Labute approximate surface area is 204 Å². The molecule has 8 bridgehead atoms. The Morgan fingerprint density at radius 2 is 0.909 bits per heavy atom. The Morgan fingerprint density at radius 1 is 0.636 bits per heavy atom. The summed E-state index contributed by atoms with van der Waals surface area (Å²) in [5, 5.41) is 0.538. The first-order chi connectivity index (χ1) is 15.6. The fourth-order valence-corrected chi connectivity index (χ4v) is 11.3. The topological polar surface area (TPSA) is 40.6 Å². The summed E-state index contributed by atoms with van der Waals surface area (Å²) in [7, 11) is 0. The highest BCUT2D eigenvalue weighted by molar-refractivity contribution is 7.80. The van der Waals surface area contributed by atoms with Gasteiger partial charge in [0.2, 0.25) is 11.8 Å². The maximum atomic E-state index is 13.7. The summed E-state index contributed by atoms with van der Waals surface area (Å²) >= 11 is 6.02. The van der Waals surface area contributed by atoms with Gasteiger partial charge in [0.25, 0.3) is 0 Å². The van der Waals surface area contributed by atoms with E-state index in [2.05, 4.69) is 0 Å². The lowest BCUT2D eigenvalue weighted by Gasteiger charge is -2.60. The van der Waals surface area contributed by atoms with Gasteiger partial charge in [-0.15, -0.1) is 0 Å². The number of carbonyl (C=O) groups excluding carboxylic acids is 2. The number of thiocarbonyl (C=S) groups is 1. The van der Waals surface area contributed by atoms with Gasteiger partial charge in [-0.3, -0.25) is 19.4 Å². The molecule has 9 aliphatic rings. The highest BCUT2D eigenvalue weighted by Crippen LogP contribution is 2.62. The first kappa shape index (κ1) is 21.3. The minimum Gasteiger partial charge on any atom is -0.287 e. The van der Waals surface area contributed by atoms with Crippen molar-refractivity contribution >= 4 is 29.1 Å². The normalized spacial score (nSPS) is 49.5. The lowest BCUT2D eigenvalue weighted by atomic mass is 9.49. The van der Waals surface area contributed by atoms with E-state index in [-0.39, 0.29) is 22.6 Å². The summed E-state index contributed by atoms with van der Waals surface area (Å²) in [6, 6.07) is 0. The quantitative estimate of drug-likeness (QED) is 0.410. The standard InChI is InChI=1S/C28H40N2O2S/c1-26(2)23(31)29(15-27-9-17-3-18(10-27)5-19(4-17)11-27)25(33)30(24(26)32)16-28-12-20-6-21(13-28)8-22(7-20)14-28/h17-22H,3-16H2,1-2H3. The summed E-state index contributed by atoms with van der Waals surface area (Å²) < 4.78 is 0. The van der Waals surface area contributed by atoms with Crippen LogP contribution in [0.15, 0.2) is 0 Å². The van der Waals surface area contributed by atoms with Crippen LogP contribution in [0.5, 0.6) is 0 Å². The van der Waals surface area contributed by atoms with Crippen LogP contribution >= 0.6 is 12.2 Å². The number of hydrogen-bond donors (Lipinski definition) is 0. The van der Waals surface area contributed by atoms with Crippen LogP contribution < -0.4 is 0 Å². The molecule has 0 unspecified atom stereocenters. The summed E-state index contributed by atoms with van der Waals surface area (Å²) in [4.78, 5) is 31.2. The molecular formula is C28H40N2O2S. The van der Waals surface area contributed by atoms with E-state index in [1.807, 2.05) is 23.6 Å². The molecule has 5 heteroatoms. The largest absolute Gasteiger partial charge is 0.287 e. The van der Waals surface area contributed by atoms with Crippen LogP contribution in [0.25, 0.3) is 0 Å². The molecule has 33 heavy (non-hydrogen) atoms. The lowest BCUT2D eigenvalue weighted by Crippen LogP contribution is -2.67. The van der Waals surface area contributed by atoms with Gasteiger partial charge in [0.15, 0.2) is 5.11 Å². The maximum absolute atomic E-state index is 13.7. The van der Waals surface area contributed by atoms with Gasteiger partial charge in [0.05, 0.1) is 0 Å². The molecule has 1 heterocycles. The third-order valence-electron chi connectivity index (χ3n) is 11.3. The van der Waals surface area contributed by atoms with Crippen molar-refractivity contribution in [1.82, 2.24) is 9.80 Å². The van der Waals surface area contributed by atoms with Gasteiger partial charge < -0.3 is 0 Å². The van der Waals surface area contributed by atoms with Gasteiger partial charge in [0.1, 0.15) is 5.41 Å². The van der Waals surface area contributed by atoms with Crippen molar-refractivity contribution in [3.8, 4) is 0 Å². The maximum Gasteiger partial charge on any atom is 0.243 e. The molecule has 0 spiro atoms. The van der Waals surface area contributed by atoms with Crippen molar-refractivity contribution in [1.29, 1.82) is 0 Å². The Bertz CT molecular complexity index is 782. The second kappa shape index (κ2) is 6.83. The predicted molar refractivity (Wildman–Crippen MR) is 131 cm³/mol. The minimum atomic E-state index is -1.01. The average Bonchev–Trinajstić information content (AvgIpc) is 2.71. The number of rotatable bonds is 4. The second-order valence-electron chi connectivity index (χ2n) is 14.5. The molecule has 9 rings (SSSR count). The summed E-state index contributed by atoms with van der Waals surface area (Å²) in [6.45, 7) is 5.20. The van der Waals surface area contributed by atoms with Crippen LogP contribution in [-0.2, 0) is 9.59 Å². The number of carbonyl (C=O) groups is 2. The monoisotopic (exact) mass is 468 g/mol. The zero-order chi connectivity index (χ0) is 22.8. The molecule has 9 fully saturated rings. The van der Waals surface area contributed by atoms with E-state index in [4.69, 9.17) is 12.2 Å². The molecule has 0 aromatic rings. The highest BCUT2D eigenvalue weighted by Gasteiger charge is 2.58. The van der Waals surface area contributed by atoms with Gasteiger partial charge in [-0.05, 0) is 149 Å². The molecule has 0 atom stereocenters. The van der Waals surface area contributed by atoms with Crippen LogP contribution in [0.1, 0.15) is 90.9 Å². The number of hydrogen-bond acceptors (Lipinski definition) is 3. The molecule has 8 aliphatic carbocycles. The molecule has 0 radical (unpaired) electrons. The van der Waals surface area contributed by atoms with Crippen molar-refractivity contribution < 1.29 is 9.59 Å². The smallest absolute Gasteiger partial charge is 0.243 e. The molecule has 1 saturated heterocycles. The van der Waals surface area contributed by atoms with Gasteiger partial charge in [-0.25, -0.2) is 0 Å². The third kappa shape index (κ3) is 3.16. The number of nitrogens with zero attached hydrogens (tertiary/aromatic N) is 2. The second-order valence-corrected chi connectivity index (χ2v) is 14.9. The van der Waals surface area contributed by atoms with Crippen LogP contribution in [-0.4, -0.2) is 39.8 Å². The molecular weight excluding hydrogens is 428 g/mol. The molecule has 0 aromatic heterocycles. The van der Waals surface area contributed by atoms with Crippen LogP contribution in [0.2, 0.25) is 0 Å². The fraction of sp³-hybridized carbons (Fsp3) is 0.893. The molecule has 4 nitrogen and oxygen atoms in total. The SMILES string of the molecule is CC1(C)C(=O)N(CC23CC4CC(CC(C4)C2)C3)C(=S)N(CC23CC4CC(CC(C4)C2)C3)C1=O.